The van der Waals surface area contributed by atoms with Crippen molar-refractivity contribution in [3.8, 4) is 11.8 Å². The molecule has 0 saturated heterocycles. The van der Waals surface area contributed by atoms with Crippen LogP contribution in [0.4, 0.5) is 14.6 Å². The maximum absolute atomic E-state index is 13.1. The molecule has 11 heteroatoms. The topological polar surface area (TPSA) is 103 Å². The first-order chi connectivity index (χ1) is 14.8. The largest absolute Gasteiger partial charge is 1.00 e. The van der Waals surface area contributed by atoms with Crippen molar-refractivity contribution in [1.82, 2.24) is 9.78 Å². The summed E-state index contributed by atoms with van der Waals surface area (Å²) in [5, 5.41) is 12.0. The summed E-state index contributed by atoms with van der Waals surface area (Å²) in [7, 11) is 0. The summed E-state index contributed by atoms with van der Waals surface area (Å²) in [6.45, 7) is 2.83. The van der Waals surface area contributed by atoms with Crippen LogP contribution in [-0.2, 0) is 11.3 Å². The number of nitrogens with zero attached hydrogens (tertiary/aromatic N) is 3. The number of nitrogens with two attached hydrogens (primary N) is 2. The number of benzene rings is 2. The fourth-order valence-corrected chi connectivity index (χ4v) is 2.19. The van der Waals surface area contributed by atoms with Gasteiger partial charge in [0.05, 0.1) is 40.7 Å². The van der Waals surface area contributed by atoms with Crippen LogP contribution in [0.1, 0.15) is 13.9 Å². The van der Waals surface area contributed by atoms with Gasteiger partial charge >= 0.3 is 29.6 Å². The van der Waals surface area contributed by atoms with Gasteiger partial charge in [0.25, 0.3) is 0 Å². The first kappa shape index (κ1) is 29.9. The van der Waals surface area contributed by atoms with Crippen molar-refractivity contribution in [3.05, 3.63) is 88.2 Å². The number of rotatable bonds is 4. The van der Waals surface area contributed by atoms with Crippen LogP contribution in [-0.4, -0.2) is 16.4 Å². The van der Waals surface area contributed by atoms with E-state index in [4.69, 9.17) is 39.9 Å². The monoisotopic (exact) mass is 491 g/mol. The molecule has 1 aromatic heterocycles. The number of aromatic nitrogens is 2. The maximum Gasteiger partial charge on any atom is 1.00 e. The zero-order valence-electron chi connectivity index (χ0n) is 18.6. The Morgan fingerprint density at radius 3 is 2.25 bits per heavy atom. The molecule has 0 aliphatic heterocycles. The molecule has 3 aromatic rings. The van der Waals surface area contributed by atoms with E-state index in [2.05, 4.69) is 9.84 Å². The Morgan fingerprint density at radius 1 is 1.16 bits per heavy atom. The zero-order valence-corrected chi connectivity index (χ0v) is 21.1. The molecule has 2 aromatic carbocycles. The number of anilines is 1. The van der Waals surface area contributed by atoms with Crippen LogP contribution in [0.15, 0.2) is 61.0 Å². The molecule has 166 valence electrons. The van der Waals surface area contributed by atoms with Crippen molar-refractivity contribution in [2.45, 2.75) is 13.5 Å². The average molecular weight is 492 g/mol. The van der Waals surface area contributed by atoms with E-state index in [1.807, 2.05) is 6.92 Å². The number of hydrogen-bond donors (Lipinski definition) is 2. The van der Waals surface area contributed by atoms with Crippen LogP contribution in [0.3, 0.4) is 0 Å². The van der Waals surface area contributed by atoms with Crippen molar-refractivity contribution < 1.29 is 44.5 Å². The third-order valence-corrected chi connectivity index (χ3v) is 4.02. The van der Waals surface area contributed by atoms with E-state index in [0.717, 1.165) is 5.56 Å². The summed E-state index contributed by atoms with van der Waals surface area (Å²) < 4.78 is 31.8. The van der Waals surface area contributed by atoms with E-state index in [-0.39, 0.29) is 41.0 Å². The van der Waals surface area contributed by atoms with E-state index < -0.39 is 11.6 Å². The molecule has 0 aliphatic carbocycles. The van der Waals surface area contributed by atoms with Crippen LogP contribution in [0, 0.1) is 23.0 Å². The Balaban J connectivity index is 0. The fourth-order valence-electron chi connectivity index (χ4n) is 1.95. The quantitative estimate of drug-likeness (QED) is 0.331. The predicted molar refractivity (Wildman–Crippen MR) is 120 cm³/mol. The van der Waals surface area contributed by atoms with Gasteiger partial charge in [0.1, 0.15) is 17.5 Å². The molecule has 0 amide bonds. The molecule has 0 spiro atoms. The summed E-state index contributed by atoms with van der Waals surface area (Å²) in [6, 6.07) is 12.4. The van der Waals surface area contributed by atoms with Crippen LogP contribution >= 0.6 is 23.2 Å². The minimum absolute atomic E-state index is 0. The Kier molecular flexibility index (Phi) is 15.4. The Hall–Kier alpha value is -2.12. The van der Waals surface area contributed by atoms with Gasteiger partial charge in [-0.15, -0.1) is 0 Å². The Morgan fingerprint density at radius 2 is 1.78 bits per heavy atom. The SMILES string of the molecule is CCO/C=C/C#N.NCc1ccc(Cl)c(F)c1.Nc1ccn(-c2ccc(Cl)c(F)c2)n1.[H-].[Na+]. The van der Waals surface area contributed by atoms with E-state index in [0.29, 0.717) is 24.7 Å². The van der Waals surface area contributed by atoms with E-state index in [9.17, 15) is 8.78 Å². The molecule has 3 rings (SSSR count). The molecule has 6 nitrogen and oxygen atoms in total. The molecule has 0 unspecified atom stereocenters. The molecule has 0 saturated carbocycles. The number of halogens is 4. The standard InChI is InChI=1S/C9H7ClFN3.C7H7ClFN.C5H7NO.Na.H/c10-7-2-1-6(5-8(7)11)14-4-3-9(12)13-14;8-6-2-1-5(4-10)3-7(6)9;1-2-7-5-3-4-6;;/h1-5H,(H2,12,13);1-3H,4,10H2;3,5H,2H2,1H3;;/q;;;+1;-1/b;;5-3+;;. The van der Waals surface area contributed by atoms with Gasteiger partial charge in [-0.05, 0) is 36.8 Å². The van der Waals surface area contributed by atoms with Gasteiger partial charge < -0.3 is 17.6 Å². The molecule has 0 atom stereocenters. The molecule has 1 heterocycles. The number of hydrogen-bond acceptors (Lipinski definition) is 5. The number of allylic oxidation sites excluding steroid dienone is 1. The normalized spacial score (nSPS) is 9.53. The van der Waals surface area contributed by atoms with Crippen LogP contribution in [0.25, 0.3) is 5.69 Å². The van der Waals surface area contributed by atoms with Crippen LogP contribution < -0.4 is 41.0 Å². The first-order valence-electron chi connectivity index (χ1n) is 8.89. The van der Waals surface area contributed by atoms with E-state index in [1.165, 1.54) is 41.3 Å². The van der Waals surface area contributed by atoms with Gasteiger partial charge in [0.15, 0.2) is 0 Å². The van der Waals surface area contributed by atoms with Crippen molar-refractivity contribution >= 4 is 29.0 Å². The van der Waals surface area contributed by atoms with Gasteiger partial charge in [-0.2, -0.15) is 10.4 Å². The molecule has 4 N–H and O–H groups in total. The zero-order chi connectivity index (χ0) is 23.2. The Labute approximate surface area is 219 Å². The summed E-state index contributed by atoms with van der Waals surface area (Å²) in [6.07, 6.45) is 4.32. The molecule has 32 heavy (non-hydrogen) atoms. The van der Waals surface area contributed by atoms with Crippen LogP contribution in [0.2, 0.25) is 10.0 Å². The average Bonchev–Trinajstić information content (AvgIpc) is 3.20. The minimum Gasteiger partial charge on any atom is -1.00 e. The smallest absolute Gasteiger partial charge is 1.00 e. The molecule has 0 fully saturated rings. The van der Waals surface area contributed by atoms with Gasteiger partial charge in [0.2, 0.25) is 0 Å². The summed E-state index contributed by atoms with van der Waals surface area (Å²) >= 11 is 11.0. The second-order valence-electron chi connectivity index (χ2n) is 5.62. The number of nitrogen functional groups attached to an aromatic ring is 1. The molecular formula is C21H22Cl2F2N5NaO. The summed E-state index contributed by atoms with van der Waals surface area (Å²) in [5.74, 6) is -0.497. The molecule has 0 bridgehead atoms. The second kappa shape index (κ2) is 16.5. The third kappa shape index (κ3) is 11.0. The second-order valence-corrected chi connectivity index (χ2v) is 6.44. The van der Waals surface area contributed by atoms with Crippen molar-refractivity contribution in [1.29, 1.82) is 5.26 Å². The van der Waals surface area contributed by atoms with Crippen molar-refractivity contribution in [2.24, 2.45) is 5.73 Å². The fraction of sp³-hybridized carbons (Fsp3) is 0.143. The Bertz CT molecular complexity index is 1050. The maximum atomic E-state index is 13.1. The first-order valence-corrected chi connectivity index (χ1v) is 9.64. The van der Waals surface area contributed by atoms with E-state index >= 15 is 0 Å². The van der Waals surface area contributed by atoms with E-state index in [1.54, 1.807) is 30.5 Å². The minimum atomic E-state index is -0.474. The third-order valence-electron chi connectivity index (χ3n) is 3.40. The predicted octanol–water partition coefficient (Wildman–Crippen LogP) is 2.36. The van der Waals surface area contributed by atoms with Gasteiger partial charge in [-0.3, -0.25) is 0 Å². The molecule has 0 radical (unpaired) electrons. The van der Waals surface area contributed by atoms with Crippen LogP contribution in [0.5, 0.6) is 0 Å². The van der Waals surface area contributed by atoms with Gasteiger partial charge in [-0.1, -0.05) is 29.3 Å². The van der Waals surface area contributed by atoms with Gasteiger partial charge in [0, 0.05) is 24.9 Å². The van der Waals surface area contributed by atoms with Crippen molar-refractivity contribution in [3.63, 3.8) is 0 Å². The number of ether oxygens (including phenoxy) is 1. The molecular weight excluding hydrogens is 470 g/mol. The summed E-state index contributed by atoms with van der Waals surface area (Å²) in [5.41, 5.74) is 12.0. The van der Waals surface area contributed by atoms with Crippen molar-refractivity contribution in [2.75, 3.05) is 12.3 Å². The summed E-state index contributed by atoms with van der Waals surface area (Å²) in [4.78, 5) is 0. The number of nitriles is 1. The molecule has 0 aliphatic rings. The van der Waals surface area contributed by atoms with Gasteiger partial charge in [-0.25, -0.2) is 13.5 Å².